The predicted octanol–water partition coefficient (Wildman–Crippen LogP) is 5.40. The van der Waals surface area contributed by atoms with Crippen LogP contribution < -0.4 is 4.74 Å². The lowest BCUT2D eigenvalue weighted by atomic mass is 10.1. The Morgan fingerprint density at radius 2 is 1.87 bits per heavy atom. The second kappa shape index (κ2) is 7.49. The fraction of sp³-hybridized carbons (Fsp3) is 0.450. The number of aryl methyl sites for hydroxylation is 1. The van der Waals surface area contributed by atoms with Crippen LogP contribution in [0.2, 0.25) is 0 Å². The Balaban J connectivity index is 1.74. The van der Waals surface area contributed by atoms with Crippen molar-refractivity contribution in [3.8, 4) is 5.75 Å². The van der Waals surface area contributed by atoms with Gasteiger partial charge in [-0.05, 0) is 36.1 Å². The highest BCUT2D eigenvalue weighted by molar-refractivity contribution is 5.96. The highest BCUT2D eigenvalue weighted by Gasteiger charge is 2.07. The molecule has 1 aromatic carbocycles. The Hall–Kier alpha value is -2.03. The predicted molar refractivity (Wildman–Crippen MR) is 96.3 cm³/mol. The van der Waals surface area contributed by atoms with Gasteiger partial charge in [-0.1, -0.05) is 39.0 Å². The topological polar surface area (TPSA) is 26.5 Å². The SMILES string of the molecule is CCCCCCCCc1ncc2c3ccc(OC)cc3ccn12. The minimum absolute atomic E-state index is 0.897. The Bertz CT molecular complexity index is 776. The van der Waals surface area contributed by atoms with Crippen molar-refractivity contribution in [2.75, 3.05) is 7.11 Å². The summed E-state index contributed by atoms with van der Waals surface area (Å²) in [4.78, 5) is 4.65. The number of hydrogen-bond acceptors (Lipinski definition) is 2. The lowest BCUT2D eigenvalue weighted by Crippen LogP contribution is -1.95. The van der Waals surface area contributed by atoms with Crippen LogP contribution in [0.5, 0.6) is 5.75 Å². The van der Waals surface area contributed by atoms with E-state index in [1.54, 1.807) is 7.11 Å². The molecule has 3 heteroatoms. The van der Waals surface area contributed by atoms with Crippen LogP contribution in [0.4, 0.5) is 0 Å². The van der Waals surface area contributed by atoms with Gasteiger partial charge in [0, 0.05) is 18.0 Å². The smallest absolute Gasteiger partial charge is 0.119 e. The van der Waals surface area contributed by atoms with Crippen molar-refractivity contribution in [3.63, 3.8) is 0 Å². The average molecular weight is 310 g/mol. The molecule has 0 spiro atoms. The van der Waals surface area contributed by atoms with Crippen LogP contribution in [-0.4, -0.2) is 16.5 Å². The molecule has 0 saturated carbocycles. The summed E-state index contributed by atoms with van der Waals surface area (Å²) in [6.07, 6.45) is 13.1. The molecule has 0 atom stereocenters. The van der Waals surface area contributed by atoms with Crippen LogP contribution in [0, 0.1) is 0 Å². The molecule has 0 aliphatic rings. The molecular formula is C20H26N2O. The van der Waals surface area contributed by atoms with Gasteiger partial charge in [-0.2, -0.15) is 0 Å². The Morgan fingerprint density at radius 3 is 2.70 bits per heavy atom. The maximum Gasteiger partial charge on any atom is 0.119 e. The zero-order valence-corrected chi connectivity index (χ0v) is 14.2. The Morgan fingerprint density at radius 1 is 1.04 bits per heavy atom. The lowest BCUT2D eigenvalue weighted by molar-refractivity contribution is 0.415. The zero-order valence-electron chi connectivity index (χ0n) is 14.2. The fourth-order valence-electron chi connectivity index (χ4n) is 3.21. The molecule has 2 aromatic heterocycles. The van der Waals surface area contributed by atoms with Crippen molar-refractivity contribution in [2.45, 2.75) is 51.9 Å². The lowest BCUT2D eigenvalue weighted by Gasteiger charge is -2.06. The number of ether oxygens (including phenoxy) is 1. The number of pyridine rings is 1. The molecule has 0 amide bonds. The molecule has 0 bridgehead atoms. The molecular weight excluding hydrogens is 284 g/mol. The van der Waals surface area contributed by atoms with Gasteiger partial charge >= 0.3 is 0 Å². The van der Waals surface area contributed by atoms with E-state index in [1.165, 1.54) is 60.6 Å². The molecule has 0 aliphatic carbocycles. The van der Waals surface area contributed by atoms with Crippen LogP contribution in [0.1, 0.15) is 51.3 Å². The third-order valence-corrected chi connectivity index (χ3v) is 4.57. The third-order valence-electron chi connectivity index (χ3n) is 4.57. The number of imidazole rings is 1. The molecule has 2 heterocycles. The van der Waals surface area contributed by atoms with Crippen molar-refractivity contribution in [1.82, 2.24) is 9.38 Å². The summed E-state index contributed by atoms with van der Waals surface area (Å²) in [6.45, 7) is 2.26. The summed E-state index contributed by atoms with van der Waals surface area (Å²) >= 11 is 0. The van der Waals surface area contributed by atoms with Gasteiger partial charge in [-0.3, -0.25) is 0 Å². The number of methoxy groups -OCH3 is 1. The highest BCUT2D eigenvalue weighted by atomic mass is 16.5. The van der Waals surface area contributed by atoms with Gasteiger partial charge in [-0.25, -0.2) is 4.98 Å². The van der Waals surface area contributed by atoms with E-state index < -0.39 is 0 Å². The van der Waals surface area contributed by atoms with E-state index in [-0.39, 0.29) is 0 Å². The molecule has 0 saturated heterocycles. The standard InChI is InChI=1S/C20H26N2O/c1-3-4-5-6-7-8-9-20-21-15-19-18-11-10-17(23-2)14-16(18)12-13-22(19)20/h10-15H,3-9H2,1-2H3. The molecule has 23 heavy (non-hydrogen) atoms. The van der Waals surface area contributed by atoms with Crippen LogP contribution >= 0.6 is 0 Å². The van der Waals surface area contributed by atoms with Crippen molar-refractivity contribution >= 4 is 16.3 Å². The fourth-order valence-corrected chi connectivity index (χ4v) is 3.21. The van der Waals surface area contributed by atoms with Gasteiger partial charge < -0.3 is 9.14 Å². The van der Waals surface area contributed by atoms with Crippen LogP contribution in [0.3, 0.4) is 0 Å². The summed E-state index contributed by atoms with van der Waals surface area (Å²) in [5.41, 5.74) is 1.19. The number of benzene rings is 1. The average Bonchev–Trinajstić information content (AvgIpc) is 3.01. The normalized spacial score (nSPS) is 11.4. The van der Waals surface area contributed by atoms with Crippen molar-refractivity contribution in [1.29, 1.82) is 0 Å². The molecule has 3 rings (SSSR count). The zero-order chi connectivity index (χ0) is 16.1. The third kappa shape index (κ3) is 3.49. The van der Waals surface area contributed by atoms with E-state index in [4.69, 9.17) is 4.74 Å². The summed E-state index contributed by atoms with van der Waals surface area (Å²) in [5.74, 6) is 2.07. The minimum atomic E-state index is 0.897. The quantitative estimate of drug-likeness (QED) is 0.521. The Labute approximate surface area is 138 Å². The summed E-state index contributed by atoms with van der Waals surface area (Å²) in [6, 6.07) is 8.37. The molecule has 3 aromatic rings. The minimum Gasteiger partial charge on any atom is -0.497 e. The molecule has 122 valence electrons. The number of fused-ring (bicyclic) bond motifs is 3. The highest BCUT2D eigenvalue weighted by Crippen LogP contribution is 2.25. The first-order valence-corrected chi connectivity index (χ1v) is 8.76. The first kappa shape index (κ1) is 15.9. The monoisotopic (exact) mass is 310 g/mol. The van der Waals surface area contributed by atoms with Gasteiger partial charge in [-0.15, -0.1) is 0 Å². The first-order valence-electron chi connectivity index (χ1n) is 8.76. The second-order valence-corrected chi connectivity index (χ2v) is 6.22. The van der Waals surface area contributed by atoms with Gasteiger partial charge in [0.2, 0.25) is 0 Å². The molecule has 0 unspecified atom stereocenters. The van der Waals surface area contributed by atoms with Crippen LogP contribution in [-0.2, 0) is 6.42 Å². The van der Waals surface area contributed by atoms with Crippen LogP contribution in [0.25, 0.3) is 16.3 Å². The number of aromatic nitrogens is 2. The molecule has 0 fully saturated rings. The maximum atomic E-state index is 5.31. The van der Waals surface area contributed by atoms with Crippen molar-refractivity contribution in [3.05, 3.63) is 42.5 Å². The molecule has 0 radical (unpaired) electrons. The number of nitrogens with zero attached hydrogens (tertiary/aromatic N) is 2. The van der Waals surface area contributed by atoms with E-state index >= 15 is 0 Å². The first-order chi connectivity index (χ1) is 11.3. The van der Waals surface area contributed by atoms with Gasteiger partial charge in [0.25, 0.3) is 0 Å². The second-order valence-electron chi connectivity index (χ2n) is 6.22. The van der Waals surface area contributed by atoms with Crippen LogP contribution in [0.15, 0.2) is 36.7 Å². The summed E-state index contributed by atoms with van der Waals surface area (Å²) < 4.78 is 7.55. The van der Waals surface area contributed by atoms with E-state index in [2.05, 4.69) is 40.7 Å². The van der Waals surface area contributed by atoms with E-state index in [9.17, 15) is 0 Å². The summed E-state index contributed by atoms with van der Waals surface area (Å²) in [7, 11) is 1.71. The van der Waals surface area contributed by atoms with Crippen molar-refractivity contribution < 1.29 is 4.74 Å². The van der Waals surface area contributed by atoms with Crippen molar-refractivity contribution in [2.24, 2.45) is 0 Å². The van der Waals surface area contributed by atoms with E-state index in [0.717, 1.165) is 12.2 Å². The molecule has 0 N–H and O–H groups in total. The van der Waals surface area contributed by atoms with Gasteiger partial charge in [0.1, 0.15) is 11.6 Å². The largest absolute Gasteiger partial charge is 0.497 e. The van der Waals surface area contributed by atoms with Gasteiger partial charge in [0.15, 0.2) is 0 Å². The summed E-state index contributed by atoms with van der Waals surface area (Å²) in [5, 5.41) is 2.43. The van der Waals surface area contributed by atoms with E-state index in [0.29, 0.717) is 0 Å². The molecule has 3 nitrogen and oxygen atoms in total. The number of rotatable bonds is 8. The number of unbranched alkanes of at least 4 members (excludes halogenated alkanes) is 5. The Kier molecular flexibility index (Phi) is 5.16. The number of hydrogen-bond donors (Lipinski definition) is 0. The van der Waals surface area contributed by atoms with Gasteiger partial charge in [0.05, 0.1) is 18.8 Å². The van der Waals surface area contributed by atoms with E-state index in [1.807, 2.05) is 12.3 Å². The maximum absolute atomic E-state index is 5.31. The molecule has 0 aliphatic heterocycles.